The van der Waals surface area contributed by atoms with Crippen molar-refractivity contribution in [2.75, 3.05) is 0 Å². The zero-order valence-electron chi connectivity index (χ0n) is 17.1. The van der Waals surface area contributed by atoms with Gasteiger partial charge in [-0.25, -0.2) is 13.1 Å². The van der Waals surface area contributed by atoms with E-state index in [1.807, 2.05) is 62.4 Å². The Morgan fingerprint density at radius 3 is 2.13 bits per heavy atom. The van der Waals surface area contributed by atoms with Gasteiger partial charge in [-0.3, -0.25) is 4.79 Å². The van der Waals surface area contributed by atoms with Crippen LogP contribution in [0, 0.1) is 19.8 Å². The van der Waals surface area contributed by atoms with Gasteiger partial charge in [0, 0.05) is 11.5 Å². The molecule has 1 aliphatic carbocycles. The predicted octanol–water partition coefficient (Wildman–Crippen LogP) is 4.77. The first-order chi connectivity index (χ1) is 14.3. The Kier molecular flexibility index (Phi) is 5.58. The third kappa shape index (κ3) is 4.09. The maximum atomic E-state index is 13.3. The standard InChI is InChI=1S/C25H25NO3S/c1-17-7-11-20(12-8-17)24(26-30(28,29)21-14-9-18(2)10-15-21)23-16-13-19-5-3-4-6-22(19)25(23)27/h3-12,14-15,23-24,26H,13,16H2,1-2H3/t23-,24+/m0/s1. The van der Waals surface area contributed by atoms with Crippen molar-refractivity contribution in [2.24, 2.45) is 5.92 Å². The molecule has 4 rings (SSSR count). The van der Waals surface area contributed by atoms with E-state index >= 15 is 0 Å². The molecule has 0 aromatic heterocycles. The fourth-order valence-electron chi connectivity index (χ4n) is 4.05. The summed E-state index contributed by atoms with van der Waals surface area (Å²) in [5, 5.41) is 0. The van der Waals surface area contributed by atoms with Gasteiger partial charge in [0.25, 0.3) is 0 Å². The summed E-state index contributed by atoms with van der Waals surface area (Å²) >= 11 is 0. The molecule has 0 amide bonds. The van der Waals surface area contributed by atoms with E-state index in [9.17, 15) is 13.2 Å². The lowest BCUT2D eigenvalue weighted by molar-refractivity contribution is 0.0875. The van der Waals surface area contributed by atoms with Gasteiger partial charge in [-0.2, -0.15) is 0 Å². The van der Waals surface area contributed by atoms with E-state index in [0.717, 1.165) is 28.7 Å². The van der Waals surface area contributed by atoms with Crippen molar-refractivity contribution >= 4 is 15.8 Å². The van der Waals surface area contributed by atoms with E-state index in [0.29, 0.717) is 12.0 Å². The van der Waals surface area contributed by atoms with E-state index < -0.39 is 22.0 Å². The Morgan fingerprint density at radius 1 is 0.867 bits per heavy atom. The van der Waals surface area contributed by atoms with Crippen molar-refractivity contribution in [2.45, 2.75) is 37.6 Å². The third-order valence-corrected chi connectivity index (χ3v) is 7.25. The number of carbonyl (C=O) groups excluding carboxylic acids is 1. The highest BCUT2D eigenvalue weighted by Crippen LogP contribution is 2.35. The van der Waals surface area contributed by atoms with Gasteiger partial charge in [0.15, 0.2) is 5.78 Å². The molecule has 0 radical (unpaired) electrons. The van der Waals surface area contributed by atoms with Crippen LogP contribution >= 0.6 is 0 Å². The van der Waals surface area contributed by atoms with Gasteiger partial charge in [-0.15, -0.1) is 0 Å². The minimum absolute atomic E-state index is 0.00553. The molecule has 0 heterocycles. The van der Waals surface area contributed by atoms with Crippen molar-refractivity contribution in [3.63, 3.8) is 0 Å². The molecule has 0 bridgehead atoms. The number of Topliss-reactive ketones (excluding diaryl/α,β-unsaturated/α-hetero) is 1. The predicted molar refractivity (Wildman–Crippen MR) is 118 cm³/mol. The lowest BCUT2D eigenvalue weighted by Crippen LogP contribution is -2.39. The van der Waals surface area contributed by atoms with Crippen LogP contribution in [-0.4, -0.2) is 14.2 Å². The minimum atomic E-state index is -3.79. The van der Waals surface area contributed by atoms with Gasteiger partial charge in [0.2, 0.25) is 10.0 Å². The number of rotatable bonds is 5. The van der Waals surface area contributed by atoms with Crippen molar-refractivity contribution in [1.29, 1.82) is 0 Å². The maximum absolute atomic E-state index is 13.3. The molecule has 3 aromatic carbocycles. The molecule has 1 aliphatic rings. The summed E-state index contributed by atoms with van der Waals surface area (Å²) in [4.78, 5) is 13.5. The van der Waals surface area contributed by atoms with Gasteiger partial charge < -0.3 is 0 Å². The Hall–Kier alpha value is -2.76. The molecule has 3 aromatic rings. The van der Waals surface area contributed by atoms with Crippen LogP contribution < -0.4 is 4.72 Å². The number of aryl methyl sites for hydroxylation is 3. The molecule has 0 spiro atoms. The summed E-state index contributed by atoms with van der Waals surface area (Å²) in [7, 11) is -3.79. The van der Waals surface area contributed by atoms with Crippen molar-refractivity contribution < 1.29 is 13.2 Å². The van der Waals surface area contributed by atoms with E-state index in [1.165, 1.54) is 0 Å². The van der Waals surface area contributed by atoms with Crippen LogP contribution in [0.3, 0.4) is 0 Å². The molecule has 0 unspecified atom stereocenters. The second kappa shape index (κ2) is 8.17. The summed E-state index contributed by atoms with van der Waals surface area (Å²) in [6, 6.07) is 21.4. The molecule has 4 nitrogen and oxygen atoms in total. The van der Waals surface area contributed by atoms with Crippen LogP contribution in [0.25, 0.3) is 0 Å². The molecule has 30 heavy (non-hydrogen) atoms. The van der Waals surface area contributed by atoms with Crippen molar-refractivity contribution in [1.82, 2.24) is 4.72 Å². The third-order valence-electron chi connectivity index (χ3n) is 5.80. The molecule has 0 saturated heterocycles. The topological polar surface area (TPSA) is 63.2 Å². The van der Waals surface area contributed by atoms with Crippen LogP contribution in [-0.2, 0) is 16.4 Å². The smallest absolute Gasteiger partial charge is 0.241 e. The fourth-order valence-corrected chi connectivity index (χ4v) is 5.31. The number of nitrogens with one attached hydrogen (secondary N) is 1. The van der Waals surface area contributed by atoms with E-state index in [-0.39, 0.29) is 10.7 Å². The summed E-state index contributed by atoms with van der Waals surface area (Å²) in [5.74, 6) is -0.461. The lowest BCUT2D eigenvalue weighted by Gasteiger charge is -2.31. The van der Waals surface area contributed by atoms with E-state index in [4.69, 9.17) is 0 Å². The van der Waals surface area contributed by atoms with Gasteiger partial charge in [-0.1, -0.05) is 71.8 Å². The zero-order chi connectivity index (χ0) is 21.3. The number of fused-ring (bicyclic) bond motifs is 1. The molecule has 0 fully saturated rings. The lowest BCUT2D eigenvalue weighted by atomic mass is 9.77. The van der Waals surface area contributed by atoms with Crippen LogP contribution in [0.15, 0.2) is 77.7 Å². The first-order valence-electron chi connectivity index (χ1n) is 10.1. The highest BCUT2D eigenvalue weighted by Gasteiger charge is 2.36. The largest absolute Gasteiger partial charge is 0.294 e. The quantitative estimate of drug-likeness (QED) is 0.648. The van der Waals surface area contributed by atoms with Crippen LogP contribution in [0.1, 0.15) is 45.1 Å². The molecule has 5 heteroatoms. The monoisotopic (exact) mass is 419 g/mol. The molecule has 154 valence electrons. The Labute approximate surface area is 178 Å². The number of ketones is 1. The average Bonchev–Trinajstić information content (AvgIpc) is 2.74. The molecular weight excluding hydrogens is 394 g/mol. The van der Waals surface area contributed by atoms with Gasteiger partial charge in [0.05, 0.1) is 10.9 Å². The maximum Gasteiger partial charge on any atom is 0.241 e. The second-order valence-electron chi connectivity index (χ2n) is 7.99. The minimum Gasteiger partial charge on any atom is -0.294 e. The van der Waals surface area contributed by atoms with Crippen LogP contribution in [0.2, 0.25) is 0 Å². The normalized spacial score (nSPS) is 17.4. The van der Waals surface area contributed by atoms with E-state index in [1.54, 1.807) is 24.3 Å². The Bertz CT molecular complexity index is 1170. The van der Waals surface area contributed by atoms with Gasteiger partial charge >= 0.3 is 0 Å². The highest BCUT2D eigenvalue weighted by atomic mass is 32.2. The summed E-state index contributed by atoms with van der Waals surface area (Å²) in [5.41, 5.74) is 4.60. The number of hydrogen-bond acceptors (Lipinski definition) is 3. The summed E-state index contributed by atoms with van der Waals surface area (Å²) in [6.45, 7) is 3.90. The Morgan fingerprint density at radius 2 is 1.47 bits per heavy atom. The molecule has 1 N–H and O–H groups in total. The zero-order valence-corrected chi connectivity index (χ0v) is 17.9. The SMILES string of the molecule is Cc1ccc([C@@H](NS(=O)(=O)c2ccc(C)cc2)[C@@H]2CCc3ccccc3C2=O)cc1. The first kappa shape index (κ1) is 20.5. The average molecular weight is 420 g/mol. The first-order valence-corrected chi connectivity index (χ1v) is 11.6. The molecule has 0 saturated carbocycles. The van der Waals surface area contributed by atoms with Crippen molar-refractivity contribution in [3.8, 4) is 0 Å². The van der Waals surface area contributed by atoms with Crippen molar-refractivity contribution in [3.05, 3.63) is 101 Å². The summed E-state index contributed by atoms with van der Waals surface area (Å²) < 4.78 is 29.2. The summed E-state index contributed by atoms with van der Waals surface area (Å²) in [6.07, 6.45) is 1.35. The second-order valence-corrected chi connectivity index (χ2v) is 9.70. The van der Waals surface area contributed by atoms with Crippen LogP contribution in [0.4, 0.5) is 0 Å². The highest BCUT2D eigenvalue weighted by molar-refractivity contribution is 7.89. The number of carbonyl (C=O) groups is 1. The fraction of sp³-hybridized carbons (Fsp3) is 0.240. The molecule has 0 aliphatic heterocycles. The number of hydrogen-bond donors (Lipinski definition) is 1. The van der Waals surface area contributed by atoms with Gasteiger partial charge in [0.1, 0.15) is 0 Å². The number of sulfonamides is 1. The van der Waals surface area contributed by atoms with Gasteiger partial charge in [-0.05, 0) is 49.9 Å². The Balaban J connectivity index is 1.73. The van der Waals surface area contributed by atoms with E-state index in [2.05, 4.69) is 4.72 Å². The molecule has 2 atom stereocenters. The van der Waals surface area contributed by atoms with Crippen LogP contribution in [0.5, 0.6) is 0 Å². The molecular formula is C25H25NO3S. The number of benzene rings is 3.